The van der Waals surface area contributed by atoms with Gasteiger partial charge in [-0.2, -0.15) is 0 Å². The van der Waals surface area contributed by atoms with E-state index < -0.39 is 5.41 Å². The molecular weight excluding hydrogens is 474 g/mol. The smallest absolute Gasteiger partial charge is 0.305 e. The number of hydrogen-bond acceptors (Lipinski definition) is 8. The predicted octanol–water partition coefficient (Wildman–Crippen LogP) is 4.09. The van der Waals surface area contributed by atoms with Gasteiger partial charge in [-0.05, 0) is 79.6 Å². The van der Waals surface area contributed by atoms with Crippen LogP contribution in [0.3, 0.4) is 0 Å². The molecule has 0 aliphatic heterocycles. The van der Waals surface area contributed by atoms with Crippen LogP contribution in [0.2, 0.25) is 0 Å². The molecule has 4 rings (SSSR count). The number of hydrogen-bond donors (Lipinski definition) is 1. The molecule has 0 heterocycles. The summed E-state index contributed by atoms with van der Waals surface area (Å²) in [5.41, 5.74) is 7.13. The summed E-state index contributed by atoms with van der Waals surface area (Å²) < 4.78 is 16.4. The Balaban J connectivity index is 1.73. The van der Waals surface area contributed by atoms with E-state index >= 15 is 0 Å². The highest BCUT2D eigenvalue weighted by molar-refractivity contribution is 6.01. The highest BCUT2D eigenvalue weighted by Gasteiger charge is 2.65. The van der Waals surface area contributed by atoms with E-state index in [2.05, 4.69) is 13.8 Å². The lowest BCUT2D eigenvalue weighted by molar-refractivity contribution is -0.163. The van der Waals surface area contributed by atoms with Gasteiger partial charge in [-0.25, -0.2) is 0 Å². The van der Waals surface area contributed by atoms with Gasteiger partial charge in [0.25, 0.3) is 0 Å². The molecule has 4 aliphatic rings. The number of carbonyl (C=O) groups excluding carboxylic acids is 4. The summed E-state index contributed by atoms with van der Waals surface area (Å²) in [5, 5.41) is 0. The number of nitrogens with two attached hydrogens (primary N) is 1. The maximum Gasteiger partial charge on any atom is 0.305 e. The van der Waals surface area contributed by atoms with E-state index in [1.807, 2.05) is 6.92 Å². The Morgan fingerprint density at radius 1 is 1.05 bits per heavy atom. The largest absolute Gasteiger partial charge is 0.469 e. The molecular formula is C29H43NO7. The highest BCUT2D eigenvalue weighted by Crippen LogP contribution is 2.67. The van der Waals surface area contributed by atoms with E-state index in [-0.39, 0.29) is 70.9 Å². The zero-order chi connectivity index (χ0) is 27.3. The molecule has 8 nitrogen and oxygen atoms in total. The Bertz CT molecular complexity index is 1000. The van der Waals surface area contributed by atoms with E-state index in [1.165, 1.54) is 21.0 Å². The van der Waals surface area contributed by atoms with Crippen molar-refractivity contribution >= 4 is 23.7 Å². The molecule has 0 aromatic heterocycles. The first-order chi connectivity index (χ1) is 17.3. The number of ketones is 1. The van der Waals surface area contributed by atoms with Gasteiger partial charge >= 0.3 is 17.9 Å². The third kappa shape index (κ3) is 4.59. The van der Waals surface area contributed by atoms with Gasteiger partial charge in [0.1, 0.15) is 12.2 Å². The summed E-state index contributed by atoms with van der Waals surface area (Å²) >= 11 is 0. The first kappa shape index (κ1) is 27.6. The summed E-state index contributed by atoms with van der Waals surface area (Å²) in [6.45, 7) is 9.22. The van der Waals surface area contributed by atoms with Crippen molar-refractivity contribution in [2.75, 3.05) is 7.11 Å². The third-order valence-corrected chi connectivity index (χ3v) is 10.5. The Morgan fingerprint density at radius 2 is 1.73 bits per heavy atom. The van der Waals surface area contributed by atoms with Crippen molar-refractivity contribution in [1.29, 1.82) is 0 Å². The van der Waals surface area contributed by atoms with Crippen molar-refractivity contribution in [2.24, 2.45) is 46.2 Å². The van der Waals surface area contributed by atoms with Crippen molar-refractivity contribution in [2.45, 2.75) is 98.2 Å². The van der Waals surface area contributed by atoms with Crippen molar-refractivity contribution in [3.05, 3.63) is 11.3 Å². The molecule has 3 fully saturated rings. The van der Waals surface area contributed by atoms with E-state index in [0.29, 0.717) is 31.4 Å². The molecule has 0 spiro atoms. The van der Waals surface area contributed by atoms with Crippen LogP contribution in [0.4, 0.5) is 0 Å². The standard InChI is InChI=1S/C29H43NO7/c1-15(7-10-23(33)35-6)20-8-9-21-24-22(37-17(3)32)14-18-13-19(36-16(2)31)11-12-28(18,4)25(24)26(30)27(34)29(20,21)5/h15,18-22,24H,7-14,30H2,1-6H3/t15-,18+,19-,20-,21+,22-,24-,28+,29-/m1/s1. The molecule has 2 N–H and O–H groups in total. The average Bonchev–Trinajstić information content (AvgIpc) is 3.18. The number of rotatable bonds is 6. The molecule has 37 heavy (non-hydrogen) atoms. The Hall–Kier alpha value is -2.38. The zero-order valence-corrected chi connectivity index (χ0v) is 23.1. The molecule has 0 saturated heterocycles. The number of carbonyl (C=O) groups is 4. The molecule has 0 aromatic rings. The maximum atomic E-state index is 14.2. The van der Waals surface area contributed by atoms with E-state index in [1.54, 1.807) is 0 Å². The van der Waals surface area contributed by atoms with Gasteiger partial charge in [-0.3, -0.25) is 19.2 Å². The fourth-order valence-corrected chi connectivity index (χ4v) is 8.75. The van der Waals surface area contributed by atoms with E-state index in [9.17, 15) is 19.2 Å². The van der Waals surface area contributed by atoms with Crippen LogP contribution in [0.1, 0.15) is 86.0 Å². The van der Waals surface area contributed by atoms with E-state index in [0.717, 1.165) is 31.3 Å². The van der Waals surface area contributed by atoms with Gasteiger partial charge in [0, 0.05) is 31.6 Å². The Labute approximate surface area is 220 Å². The minimum absolute atomic E-state index is 0.00160. The summed E-state index contributed by atoms with van der Waals surface area (Å²) in [6, 6.07) is 0. The Kier molecular flexibility index (Phi) is 7.52. The number of ether oxygens (including phenoxy) is 3. The average molecular weight is 518 g/mol. The predicted molar refractivity (Wildman–Crippen MR) is 136 cm³/mol. The van der Waals surface area contributed by atoms with Crippen LogP contribution < -0.4 is 5.73 Å². The molecule has 4 aliphatic carbocycles. The summed E-state index contributed by atoms with van der Waals surface area (Å²) in [6.07, 6.45) is 4.96. The second-order valence-electron chi connectivity index (χ2n) is 12.4. The summed E-state index contributed by atoms with van der Waals surface area (Å²) in [7, 11) is 1.39. The monoisotopic (exact) mass is 517 g/mol. The van der Waals surface area contributed by atoms with Crippen molar-refractivity contribution in [1.82, 2.24) is 0 Å². The first-order valence-electron chi connectivity index (χ1n) is 13.8. The van der Waals surface area contributed by atoms with Crippen LogP contribution in [0.5, 0.6) is 0 Å². The van der Waals surface area contributed by atoms with Crippen LogP contribution in [0.15, 0.2) is 11.3 Å². The zero-order valence-electron chi connectivity index (χ0n) is 23.1. The SMILES string of the molecule is COC(=O)CC[C@@H](C)[C@H]1CC[C@H]2[C@H]3C(=C(N)C(=O)[C@]12C)[C@@]1(C)CC[C@@H](OC(C)=O)C[C@H]1C[C@H]3OC(C)=O. The minimum atomic E-state index is -0.676. The second-order valence-corrected chi connectivity index (χ2v) is 12.4. The summed E-state index contributed by atoms with van der Waals surface area (Å²) in [5.74, 6) is -0.651. The number of esters is 3. The lowest BCUT2D eigenvalue weighted by Gasteiger charge is -2.59. The van der Waals surface area contributed by atoms with Crippen LogP contribution in [-0.4, -0.2) is 43.0 Å². The van der Waals surface area contributed by atoms with Crippen LogP contribution in [-0.2, 0) is 33.4 Å². The number of methoxy groups -OCH3 is 1. The number of fused-ring (bicyclic) bond motifs is 5. The fraction of sp³-hybridized carbons (Fsp3) is 0.793. The van der Waals surface area contributed by atoms with Crippen LogP contribution in [0, 0.1) is 40.4 Å². The van der Waals surface area contributed by atoms with Crippen LogP contribution >= 0.6 is 0 Å². The topological polar surface area (TPSA) is 122 Å². The van der Waals surface area contributed by atoms with Gasteiger partial charge in [0.15, 0.2) is 5.78 Å². The van der Waals surface area contributed by atoms with Crippen LogP contribution in [0.25, 0.3) is 0 Å². The van der Waals surface area contributed by atoms with Crippen molar-refractivity contribution in [3.63, 3.8) is 0 Å². The van der Waals surface area contributed by atoms with E-state index in [4.69, 9.17) is 19.9 Å². The fourth-order valence-electron chi connectivity index (χ4n) is 8.75. The first-order valence-corrected chi connectivity index (χ1v) is 13.8. The molecule has 9 atom stereocenters. The second kappa shape index (κ2) is 10.1. The molecule has 8 heteroatoms. The van der Waals surface area contributed by atoms with Gasteiger partial charge in [0.2, 0.25) is 0 Å². The molecule has 0 bridgehead atoms. The maximum absolute atomic E-state index is 14.2. The van der Waals surface area contributed by atoms with Gasteiger partial charge < -0.3 is 19.9 Å². The number of allylic oxidation sites excluding steroid dienone is 1. The Morgan fingerprint density at radius 3 is 2.35 bits per heavy atom. The molecule has 0 radical (unpaired) electrons. The molecule has 3 saturated carbocycles. The number of Topliss-reactive ketones (excluding diaryl/α,β-unsaturated/α-hetero) is 1. The lowest BCUT2D eigenvalue weighted by atomic mass is 9.46. The molecule has 0 aromatic carbocycles. The molecule has 206 valence electrons. The molecule has 0 unspecified atom stereocenters. The quantitative estimate of drug-likeness (QED) is 0.413. The van der Waals surface area contributed by atoms with Gasteiger partial charge in [-0.1, -0.05) is 20.8 Å². The van der Waals surface area contributed by atoms with Crippen molar-refractivity contribution < 1.29 is 33.4 Å². The normalized spacial score (nSPS) is 39.7. The third-order valence-electron chi connectivity index (χ3n) is 10.5. The van der Waals surface area contributed by atoms with Crippen molar-refractivity contribution in [3.8, 4) is 0 Å². The lowest BCUT2D eigenvalue weighted by Crippen LogP contribution is -2.59. The minimum Gasteiger partial charge on any atom is -0.469 e. The molecule has 0 amide bonds. The summed E-state index contributed by atoms with van der Waals surface area (Å²) in [4.78, 5) is 49.9. The highest BCUT2D eigenvalue weighted by atomic mass is 16.5. The van der Waals surface area contributed by atoms with Gasteiger partial charge in [-0.15, -0.1) is 0 Å². The van der Waals surface area contributed by atoms with Gasteiger partial charge in [0.05, 0.1) is 12.8 Å².